The number of nitriles is 1. The van der Waals surface area contributed by atoms with Gasteiger partial charge in [-0.3, -0.25) is 0 Å². The summed E-state index contributed by atoms with van der Waals surface area (Å²) in [7, 11) is 1.31. The van der Waals surface area contributed by atoms with Crippen LogP contribution in [0.15, 0.2) is 24.3 Å². The summed E-state index contributed by atoms with van der Waals surface area (Å²) in [6, 6.07) is 7.54. The Morgan fingerprint density at radius 2 is 2.27 bits per heavy atom. The van der Waals surface area contributed by atoms with E-state index in [1.165, 1.54) is 13.2 Å². The molecule has 0 spiro atoms. The molecule has 0 aromatic heterocycles. The Kier molecular flexibility index (Phi) is 3.64. The largest absolute Gasteiger partial charge is 0.466 e. The number of hydrogen-bond donors (Lipinski definition) is 0. The van der Waals surface area contributed by atoms with Gasteiger partial charge in [-0.2, -0.15) is 5.26 Å². The van der Waals surface area contributed by atoms with Crippen molar-refractivity contribution in [3.05, 3.63) is 41.0 Å². The highest BCUT2D eigenvalue weighted by Crippen LogP contribution is 2.12. The number of carbonyl (C=O) groups is 1. The zero-order valence-corrected chi connectivity index (χ0v) is 8.65. The van der Waals surface area contributed by atoms with Crippen molar-refractivity contribution < 1.29 is 9.53 Å². The third-order valence-electron chi connectivity index (χ3n) is 1.93. The minimum absolute atomic E-state index is 0.431. The number of esters is 1. The number of ether oxygens (including phenoxy) is 1. The van der Waals surface area contributed by atoms with Crippen molar-refractivity contribution in [3.8, 4) is 6.07 Å². The molecule has 0 aliphatic rings. The SMILES string of the molecule is COC(=O)C=Cc1ccc(C)cc1C#N. The van der Waals surface area contributed by atoms with Crippen molar-refractivity contribution in [3.63, 3.8) is 0 Å². The summed E-state index contributed by atoms with van der Waals surface area (Å²) in [5.74, 6) is -0.431. The Balaban J connectivity index is 3.01. The molecule has 1 rings (SSSR count). The van der Waals surface area contributed by atoms with E-state index in [0.717, 1.165) is 5.56 Å². The van der Waals surface area contributed by atoms with Crippen molar-refractivity contribution in [1.29, 1.82) is 5.26 Å². The first-order valence-corrected chi connectivity index (χ1v) is 4.44. The Labute approximate surface area is 88.6 Å². The van der Waals surface area contributed by atoms with Gasteiger partial charge in [-0.1, -0.05) is 12.1 Å². The van der Waals surface area contributed by atoms with Crippen LogP contribution in [-0.2, 0) is 9.53 Å². The van der Waals surface area contributed by atoms with Crippen LogP contribution < -0.4 is 0 Å². The number of methoxy groups -OCH3 is 1. The summed E-state index contributed by atoms with van der Waals surface area (Å²) in [5.41, 5.74) is 2.28. The van der Waals surface area contributed by atoms with Gasteiger partial charge in [0.25, 0.3) is 0 Å². The fraction of sp³-hybridized carbons (Fsp3) is 0.167. The molecule has 0 saturated carbocycles. The molecule has 3 nitrogen and oxygen atoms in total. The number of rotatable bonds is 2. The molecule has 0 atom stereocenters. The quantitative estimate of drug-likeness (QED) is 0.543. The molecule has 0 aliphatic heterocycles. The van der Waals surface area contributed by atoms with Crippen LogP contribution in [0.2, 0.25) is 0 Å². The first-order valence-electron chi connectivity index (χ1n) is 4.44. The highest BCUT2D eigenvalue weighted by molar-refractivity contribution is 5.87. The van der Waals surface area contributed by atoms with Crippen molar-refractivity contribution in [2.45, 2.75) is 6.92 Å². The molecule has 0 aliphatic carbocycles. The maximum Gasteiger partial charge on any atom is 0.330 e. The van der Waals surface area contributed by atoms with Gasteiger partial charge in [0.1, 0.15) is 0 Å². The summed E-state index contributed by atoms with van der Waals surface area (Å²) in [6.45, 7) is 1.91. The Hall–Kier alpha value is -2.08. The first-order chi connectivity index (χ1) is 7.17. The summed E-state index contributed by atoms with van der Waals surface area (Å²) in [5, 5.41) is 8.87. The van der Waals surface area contributed by atoms with E-state index in [9.17, 15) is 4.79 Å². The number of nitrogens with zero attached hydrogens (tertiary/aromatic N) is 1. The Morgan fingerprint density at radius 1 is 1.53 bits per heavy atom. The van der Waals surface area contributed by atoms with Gasteiger partial charge in [0.2, 0.25) is 0 Å². The van der Waals surface area contributed by atoms with E-state index in [1.54, 1.807) is 18.2 Å². The summed E-state index contributed by atoms with van der Waals surface area (Å²) >= 11 is 0. The molecule has 0 saturated heterocycles. The second kappa shape index (κ2) is 4.97. The van der Waals surface area contributed by atoms with Gasteiger partial charge in [0.05, 0.1) is 18.7 Å². The van der Waals surface area contributed by atoms with E-state index in [1.807, 2.05) is 13.0 Å². The van der Waals surface area contributed by atoms with E-state index >= 15 is 0 Å². The molecule has 0 fully saturated rings. The molecule has 0 bridgehead atoms. The van der Waals surface area contributed by atoms with Crippen molar-refractivity contribution >= 4 is 12.0 Å². The molecular weight excluding hydrogens is 190 g/mol. The zero-order chi connectivity index (χ0) is 11.3. The van der Waals surface area contributed by atoms with Gasteiger partial charge in [-0.25, -0.2) is 4.79 Å². The lowest BCUT2D eigenvalue weighted by Crippen LogP contribution is -1.93. The average Bonchev–Trinajstić information content (AvgIpc) is 2.26. The van der Waals surface area contributed by atoms with Crippen LogP contribution in [0.1, 0.15) is 16.7 Å². The third kappa shape index (κ3) is 2.96. The minimum atomic E-state index is -0.431. The summed E-state index contributed by atoms with van der Waals surface area (Å²) in [4.78, 5) is 10.9. The van der Waals surface area contributed by atoms with E-state index in [4.69, 9.17) is 5.26 Å². The third-order valence-corrected chi connectivity index (χ3v) is 1.93. The standard InChI is InChI=1S/C12H11NO2/c1-9-3-4-10(11(7-9)8-13)5-6-12(14)15-2/h3-7H,1-2H3. The van der Waals surface area contributed by atoms with E-state index in [0.29, 0.717) is 11.1 Å². The molecule has 0 radical (unpaired) electrons. The van der Waals surface area contributed by atoms with Crippen molar-refractivity contribution in [2.24, 2.45) is 0 Å². The van der Waals surface area contributed by atoms with Crippen LogP contribution in [0.4, 0.5) is 0 Å². The molecule has 1 aromatic carbocycles. The fourth-order valence-corrected chi connectivity index (χ4v) is 1.14. The summed E-state index contributed by atoms with van der Waals surface area (Å²) < 4.78 is 4.46. The van der Waals surface area contributed by atoms with Crippen molar-refractivity contribution in [1.82, 2.24) is 0 Å². The molecule has 3 heteroatoms. The van der Waals surface area contributed by atoms with E-state index in [2.05, 4.69) is 10.8 Å². The van der Waals surface area contributed by atoms with Crippen LogP contribution in [0.3, 0.4) is 0 Å². The minimum Gasteiger partial charge on any atom is -0.466 e. The number of benzene rings is 1. The van der Waals surface area contributed by atoms with Gasteiger partial charge >= 0.3 is 5.97 Å². The van der Waals surface area contributed by atoms with Crippen LogP contribution in [0.5, 0.6) is 0 Å². The molecular formula is C12H11NO2. The topological polar surface area (TPSA) is 50.1 Å². The van der Waals surface area contributed by atoms with E-state index < -0.39 is 5.97 Å². The van der Waals surface area contributed by atoms with Crippen molar-refractivity contribution in [2.75, 3.05) is 7.11 Å². The number of aryl methyl sites for hydroxylation is 1. The molecule has 15 heavy (non-hydrogen) atoms. The Morgan fingerprint density at radius 3 is 2.87 bits per heavy atom. The van der Waals surface area contributed by atoms with Gasteiger partial charge in [0.15, 0.2) is 0 Å². The molecule has 0 heterocycles. The molecule has 0 N–H and O–H groups in total. The average molecular weight is 201 g/mol. The van der Waals surface area contributed by atoms with Crippen LogP contribution in [-0.4, -0.2) is 13.1 Å². The van der Waals surface area contributed by atoms with Crippen LogP contribution >= 0.6 is 0 Å². The normalized spacial score (nSPS) is 9.93. The maximum absolute atomic E-state index is 10.9. The predicted octanol–water partition coefficient (Wildman–Crippen LogP) is 2.05. The van der Waals surface area contributed by atoms with Crippen LogP contribution in [0.25, 0.3) is 6.08 Å². The van der Waals surface area contributed by atoms with Gasteiger partial charge in [-0.05, 0) is 30.2 Å². The second-order valence-electron chi connectivity index (χ2n) is 3.06. The lowest BCUT2D eigenvalue weighted by Gasteiger charge is -1.98. The highest BCUT2D eigenvalue weighted by atomic mass is 16.5. The van der Waals surface area contributed by atoms with Gasteiger partial charge in [-0.15, -0.1) is 0 Å². The highest BCUT2D eigenvalue weighted by Gasteiger charge is 1.99. The fourth-order valence-electron chi connectivity index (χ4n) is 1.14. The lowest BCUT2D eigenvalue weighted by molar-refractivity contribution is -0.134. The Bertz CT molecular complexity index is 441. The molecule has 0 unspecified atom stereocenters. The number of carbonyl (C=O) groups excluding carboxylic acids is 1. The van der Waals surface area contributed by atoms with E-state index in [-0.39, 0.29) is 0 Å². The van der Waals surface area contributed by atoms with Gasteiger partial charge in [0, 0.05) is 6.08 Å². The predicted molar refractivity (Wildman–Crippen MR) is 56.9 cm³/mol. The maximum atomic E-state index is 10.9. The smallest absolute Gasteiger partial charge is 0.330 e. The first kappa shape index (κ1) is 11.0. The number of hydrogen-bond acceptors (Lipinski definition) is 3. The second-order valence-corrected chi connectivity index (χ2v) is 3.06. The van der Waals surface area contributed by atoms with Crippen LogP contribution in [0, 0.1) is 18.3 Å². The molecule has 1 aromatic rings. The molecule has 0 amide bonds. The monoisotopic (exact) mass is 201 g/mol. The zero-order valence-electron chi connectivity index (χ0n) is 8.65. The van der Waals surface area contributed by atoms with Gasteiger partial charge < -0.3 is 4.74 Å². The molecule has 76 valence electrons. The summed E-state index contributed by atoms with van der Waals surface area (Å²) in [6.07, 6.45) is 2.87. The lowest BCUT2D eigenvalue weighted by atomic mass is 10.1.